The largest absolute Gasteiger partial charge is 0.349 e. The predicted octanol–water partition coefficient (Wildman–Crippen LogP) is 3.58. The van der Waals surface area contributed by atoms with Gasteiger partial charge in [-0.05, 0) is 44.0 Å². The first-order valence-electron chi connectivity index (χ1n) is 9.29. The Bertz CT molecular complexity index is 992. The number of benzene rings is 2. The van der Waals surface area contributed by atoms with E-state index < -0.39 is 22.3 Å². The van der Waals surface area contributed by atoms with Crippen LogP contribution in [0.4, 0.5) is 15.8 Å². The van der Waals surface area contributed by atoms with Gasteiger partial charge >= 0.3 is 5.69 Å². The second-order valence-corrected chi connectivity index (χ2v) is 7.39. The highest BCUT2D eigenvalue weighted by Gasteiger charge is 2.36. The van der Waals surface area contributed by atoms with Gasteiger partial charge in [0.25, 0.3) is 0 Å². The lowest BCUT2D eigenvalue weighted by Gasteiger charge is -2.20. The Labute approximate surface area is 167 Å². The van der Waals surface area contributed by atoms with E-state index in [0.29, 0.717) is 0 Å². The van der Waals surface area contributed by atoms with Gasteiger partial charge in [0.05, 0.1) is 22.6 Å². The highest BCUT2D eigenvalue weighted by Crippen LogP contribution is 2.30. The summed E-state index contributed by atoms with van der Waals surface area (Å²) in [7, 11) is 0. The molecule has 152 valence electrons. The van der Waals surface area contributed by atoms with Crippen molar-refractivity contribution in [3.8, 4) is 0 Å². The van der Waals surface area contributed by atoms with Crippen LogP contribution >= 0.6 is 0 Å². The number of nitro benzene ring substituents is 1. The highest BCUT2D eigenvalue weighted by molar-refractivity contribution is 6.00. The lowest BCUT2D eigenvalue weighted by atomic mass is 9.99. The predicted molar refractivity (Wildman–Crippen MR) is 106 cm³/mol. The zero-order chi connectivity index (χ0) is 21.3. The van der Waals surface area contributed by atoms with Gasteiger partial charge in [-0.25, -0.2) is 0 Å². The number of aryl methyl sites for hydroxylation is 2. The lowest BCUT2D eigenvalue weighted by Crippen LogP contribution is -2.34. The normalized spacial score (nSPS) is 17.3. The molecule has 1 aliphatic rings. The topological polar surface area (TPSA) is 92.6 Å². The average molecular weight is 399 g/mol. The van der Waals surface area contributed by atoms with Gasteiger partial charge in [-0.1, -0.05) is 23.8 Å². The summed E-state index contributed by atoms with van der Waals surface area (Å²) in [6.07, 6.45) is -0.00345. The summed E-state index contributed by atoms with van der Waals surface area (Å²) < 4.78 is 13.6. The molecule has 1 fully saturated rings. The van der Waals surface area contributed by atoms with Crippen molar-refractivity contribution >= 4 is 23.2 Å². The van der Waals surface area contributed by atoms with E-state index in [-0.39, 0.29) is 36.5 Å². The number of halogens is 1. The first-order valence-corrected chi connectivity index (χ1v) is 9.29. The number of nitrogens with zero attached hydrogens (tertiary/aromatic N) is 2. The first kappa shape index (κ1) is 20.4. The van der Waals surface area contributed by atoms with E-state index in [1.807, 2.05) is 39.0 Å². The maximum atomic E-state index is 13.6. The molecule has 7 nitrogen and oxygen atoms in total. The number of carbonyl (C=O) groups excluding carboxylic acids is 2. The smallest absolute Gasteiger partial charge is 0.306 e. The summed E-state index contributed by atoms with van der Waals surface area (Å²) in [5.74, 6) is -2.14. The van der Waals surface area contributed by atoms with Crippen molar-refractivity contribution in [1.82, 2.24) is 5.32 Å². The molecule has 8 heteroatoms. The molecule has 2 unspecified atom stereocenters. The first-order chi connectivity index (χ1) is 13.7. The Kier molecular flexibility index (Phi) is 5.63. The Balaban J connectivity index is 1.73. The monoisotopic (exact) mass is 399 g/mol. The van der Waals surface area contributed by atoms with Crippen LogP contribution < -0.4 is 10.2 Å². The fourth-order valence-corrected chi connectivity index (χ4v) is 3.58. The summed E-state index contributed by atoms with van der Waals surface area (Å²) in [4.78, 5) is 36.5. The summed E-state index contributed by atoms with van der Waals surface area (Å²) in [6.45, 7) is 5.93. The summed E-state index contributed by atoms with van der Waals surface area (Å²) >= 11 is 0. The number of anilines is 1. The molecule has 3 rings (SSSR count). The molecular formula is C21H22FN3O4. The van der Waals surface area contributed by atoms with Gasteiger partial charge in [-0.15, -0.1) is 0 Å². The van der Waals surface area contributed by atoms with E-state index in [9.17, 15) is 24.1 Å². The maximum absolute atomic E-state index is 13.6. The molecule has 2 aromatic rings. The van der Waals surface area contributed by atoms with Gasteiger partial charge in [-0.2, -0.15) is 4.39 Å². The molecular weight excluding hydrogens is 377 g/mol. The minimum absolute atomic E-state index is 0.00345. The molecule has 1 saturated heterocycles. The van der Waals surface area contributed by atoms with E-state index >= 15 is 0 Å². The molecule has 1 heterocycles. The molecule has 1 aliphatic heterocycles. The maximum Gasteiger partial charge on any atom is 0.306 e. The number of nitrogens with one attached hydrogen (secondary N) is 1. The van der Waals surface area contributed by atoms with E-state index in [2.05, 4.69) is 5.32 Å². The zero-order valence-corrected chi connectivity index (χ0v) is 16.4. The van der Waals surface area contributed by atoms with Crippen LogP contribution in [0.25, 0.3) is 0 Å². The SMILES string of the molecule is Cc1ccc(C)c(C(C)NC(=O)C2CC(=O)N(c3ccc(F)c([N+](=O)[O-])c3)C2)c1. The standard InChI is InChI=1S/C21H22FN3O4/c1-12-4-5-13(2)17(8-12)14(3)23-21(27)15-9-20(26)24(11-15)16-6-7-18(22)19(10-16)25(28)29/h4-8,10,14-15H,9,11H2,1-3H3,(H,23,27). The van der Waals surface area contributed by atoms with E-state index in [1.165, 1.54) is 11.0 Å². The van der Waals surface area contributed by atoms with Crippen molar-refractivity contribution < 1.29 is 18.9 Å². The van der Waals surface area contributed by atoms with E-state index in [1.54, 1.807) is 0 Å². The van der Waals surface area contributed by atoms with Crippen LogP contribution in [0.3, 0.4) is 0 Å². The average Bonchev–Trinajstić information content (AvgIpc) is 3.05. The third kappa shape index (κ3) is 4.26. The quantitative estimate of drug-likeness (QED) is 0.614. The van der Waals surface area contributed by atoms with Crippen molar-refractivity contribution in [1.29, 1.82) is 0 Å². The van der Waals surface area contributed by atoms with Crippen LogP contribution in [0, 0.1) is 35.7 Å². The van der Waals surface area contributed by atoms with Crippen LogP contribution in [0.15, 0.2) is 36.4 Å². The minimum atomic E-state index is -0.970. The lowest BCUT2D eigenvalue weighted by molar-refractivity contribution is -0.387. The van der Waals surface area contributed by atoms with Crippen LogP contribution in [0.2, 0.25) is 0 Å². The van der Waals surface area contributed by atoms with Crippen molar-refractivity contribution in [3.05, 3.63) is 69.0 Å². The Hall–Kier alpha value is -3.29. The second-order valence-electron chi connectivity index (χ2n) is 7.39. The van der Waals surface area contributed by atoms with E-state index in [4.69, 9.17) is 0 Å². The van der Waals surface area contributed by atoms with Crippen molar-refractivity contribution in [3.63, 3.8) is 0 Å². The molecule has 2 atom stereocenters. The molecule has 0 radical (unpaired) electrons. The van der Waals surface area contributed by atoms with Gasteiger partial charge in [0.2, 0.25) is 17.6 Å². The zero-order valence-electron chi connectivity index (χ0n) is 16.4. The minimum Gasteiger partial charge on any atom is -0.349 e. The van der Waals surface area contributed by atoms with Gasteiger partial charge in [-0.3, -0.25) is 19.7 Å². The fourth-order valence-electron chi connectivity index (χ4n) is 3.58. The van der Waals surface area contributed by atoms with Crippen LogP contribution in [-0.2, 0) is 9.59 Å². The summed E-state index contributed by atoms with van der Waals surface area (Å²) in [6, 6.07) is 9.07. The molecule has 0 bridgehead atoms. The number of nitro groups is 1. The van der Waals surface area contributed by atoms with Crippen molar-refractivity contribution in [2.75, 3.05) is 11.4 Å². The molecule has 0 spiro atoms. The second kappa shape index (κ2) is 7.98. The Morgan fingerprint density at radius 1 is 1.28 bits per heavy atom. The van der Waals surface area contributed by atoms with Crippen molar-refractivity contribution in [2.24, 2.45) is 5.92 Å². The number of hydrogen-bond acceptors (Lipinski definition) is 4. The van der Waals surface area contributed by atoms with Gasteiger partial charge < -0.3 is 10.2 Å². The number of rotatable bonds is 5. The Morgan fingerprint density at radius 2 is 2.00 bits per heavy atom. The third-order valence-electron chi connectivity index (χ3n) is 5.19. The van der Waals surface area contributed by atoms with Gasteiger partial charge in [0.15, 0.2) is 0 Å². The van der Waals surface area contributed by atoms with Gasteiger partial charge in [0, 0.05) is 19.0 Å². The van der Waals surface area contributed by atoms with E-state index in [0.717, 1.165) is 28.8 Å². The number of hydrogen-bond donors (Lipinski definition) is 1. The molecule has 0 saturated carbocycles. The molecule has 0 aromatic heterocycles. The molecule has 2 aromatic carbocycles. The Morgan fingerprint density at radius 3 is 2.69 bits per heavy atom. The number of carbonyl (C=O) groups is 2. The molecule has 2 amide bonds. The summed E-state index contributed by atoms with van der Waals surface area (Å²) in [5.41, 5.74) is 2.67. The van der Waals surface area contributed by atoms with Crippen molar-refractivity contribution in [2.45, 2.75) is 33.2 Å². The molecule has 29 heavy (non-hydrogen) atoms. The molecule has 0 aliphatic carbocycles. The summed E-state index contributed by atoms with van der Waals surface area (Å²) in [5, 5.41) is 13.9. The highest BCUT2D eigenvalue weighted by atomic mass is 19.1. The van der Waals surface area contributed by atoms with Crippen LogP contribution in [-0.4, -0.2) is 23.3 Å². The third-order valence-corrected chi connectivity index (χ3v) is 5.19. The van der Waals surface area contributed by atoms with Crippen LogP contribution in [0.1, 0.15) is 36.1 Å². The number of amides is 2. The fraction of sp³-hybridized carbons (Fsp3) is 0.333. The molecule has 1 N–H and O–H groups in total. The van der Waals surface area contributed by atoms with Gasteiger partial charge in [0.1, 0.15) is 0 Å². The van der Waals surface area contributed by atoms with Crippen LogP contribution in [0.5, 0.6) is 0 Å².